The van der Waals surface area contributed by atoms with Crippen LogP contribution in [0.3, 0.4) is 0 Å². The van der Waals surface area contributed by atoms with Crippen LogP contribution in [0.1, 0.15) is 32.8 Å². The number of anilines is 1. The molecule has 9 heteroatoms. The second-order valence-corrected chi connectivity index (χ2v) is 12.8. The van der Waals surface area contributed by atoms with Gasteiger partial charge < -0.3 is 15.1 Å². The molecule has 0 aliphatic carbocycles. The van der Waals surface area contributed by atoms with Gasteiger partial charge in [0.2, 0.25) is 5.95 Å². The fraction of sp³-hybridized carbons (Fsp3) is 0.750. The van der Waals surface area contributed by atoms with Gasteiger partial charge in [-0.2, -0.15) is 13.2 Å². The molecule has 2 unspecified atom stereocenters. The molecule has 0 bridgehead atoms. The van der Waals surface area contributed by atoms with Crippen molar-refractivity contribution < 1.29 is 17.6 Å². The van der Waals surface area contributed by atoms with E-state index in [2.05, 4.69) is 43.8 Å². The van der Waals surface area contributed by atoms with Gasteiger partial charge in [0.25, 0.3) is 0 Å². The normalized spacial score (nSPS) is 23.0. The number of nitrogens with zero attached hydrogens (tertiary/aromatic N) is 3. The minimum Gasteiger partial charge on any atom is -0.411 e. The summed E-state index contributed by atoms with van der Waals surface area (Å²) in [7, 11) is -1.99. The van der Waals surface area contributed by atoms with E-state index in [0.717, 1.165) is 12.4 Å². The Kier molecular flexibility index (Phi) is 5.51. The molecule has 2 heterocycles. The summed E-state index contributed by atoms with van der Waals surface area (Å²) in [5, 5.41) is 0.0554. The molecule has 0 saturated carbocycles. The van der Waals surface area contributed by atoms with Crippen molar-refractivity contribution in [2.45, 2.75) is 63.6 Å². The highest BCUT2D eigenvalue weighted by Gasteiger charge is 2.42. The minimum atomic E-state index is -4.43. The van der Waals surface area contributed by atoms with E-state index in [1.165, 1.54) is 0 Å². The molecule has 1 fully saturated rings. The van der Waals surface area contributed by atoms with Crippen molar-refractivity contribution in [1.29, 1.82) is 0 Å². The summed E-state index contributed by atoms with van der Waals surface area (Å²) < 4.78 is 44.4. The Bertz CT molecular complexity index is 587. The Hall–Kier alpha value is -1.19. The predicted octanol–water partition coefficient (Wildman–Crippen LogP) is 3.42. The highest BCUT2D eigenvalue weighted by molar-refractivity contribution is 6.74. The smallest absolute Gasteiger partial charge is 0.411 e. The second-order valence-electron chi connectivity index (χ2n) is 8.08. The quantitative estimate of drug-likeness (QED) is 0.819. The maximum atomic E-state index is 12.6. The van der Waals surface area contributed by atoms with Gasteiger partial charge in [-0.1, -0.05) is 20.8 Å². The first-order valence-electron chi connectivity index (χ1n) is 8.39. The van der Waals surface area contributed by atoms with Crippen molar-refractivity contribution in [3.8, 4) is 0 Å². The van der Waals surface area contributed by atoms with Crippen LogP contribution in [-0.4, -0.2) is 43.5 Å². The number of rotatable bonds is 3. The molecule has 0 radical (unpaired) electrons. The fourth-order valence-corrected chi connectivity index (χ4v) is 3.79. The topological polar surface area (TPSA) is 64.3 Å². The molecule has 2 atom stereocenters. The highest BCUT2D eigenvalue weighted by Crippen LogP contribution is 2.38. The van der Waals surface area contributed by atoms with Gasteiger partial charge in [0.1, 0.15) is 0 Å². The molecule has 1 saturated heterocycles. The van der Waals surface area contributed by atoms with Crippen LogP contribution >= 0.6 is 0 Å². The number of hydrogen-bond donors (Lipinski definition) is 1. The summed E-state index contributed by atoms with van der Waals surface area (Å²) in [5.41, 5.74) is 5.38. The minimum absolute atomic E-state index is 0.0554. The first-order valence-corrected chi connectivity index (χ1v) is 11.3. The Labute approximate surface area is 147 Å². The van der Waals surface area contributed by atoms with Gasteiger partial charge >= 0.3 is 6.18 Å². The van der Waals surface area contributed by atoms with Gasteiger partial charge in [0.15, 0.2) is 8.32 Å². The number of aromatic nitrogens is 2. The molecule has 1 aromatic heterocycles. The standard InChI is InChI=1S/C16H27F3N4OSi/c1-15(2,3)25(4,5)24-13-10-23(7-6-12(13)20)14-21-8-11(9-22-14)16(17,18)19/h8-9,12-13H,6-7,10,20H2,1-5H3. The van der Waals surface area contributed by atoms with Gasteiger partial charge in [-0.3, -0.25) is 0 Å². The van der Waals surface area contributed by atoms with Crippen molar-refractivity contribution in [3.63, 3.8) is 0 Å². The van der Waals surface area contributed by atoms with Gasteiger partial charge in [-0.15, -0.1) is 0 Å². The van der Waals surface area contributed by atoms with Crippen molar-refractivity contribution in [2.75, 3.05) is 18.0 Å². The molecule has 2 N–H and O–H groups in total. The van der Waals surface area contributed by atoms with E-state index in [1.54, 1.807) is 0 Å². The van der Waals surface area contributed by atoms with Gasteiger partial charge in [-0.25, -0.2) is 9.97 Å². The third kappa shape index (κ3) is 4.71. The van der Waals surface area contributed by atoms with E-state index < -0.39 is 20.1 Å². The molecule has 1 aliphatic rings. The largest absolute Gasteiger partial charge is 0.419 e. The van der Waals surface area contributed by atoms with Crippen LogP contribution in [0.5, 0.6) is 0 Å². The summed E-state index contributed by atoms with van der Waals surface area (Å²) in [6.45, 7) is 11.9. The van der Waals surface area contributed by atoms with Crippen LogP contribution in [0.25, 0.3) is 0 Å². The van der Waals surface area contributed by atoms with E-state index in [9.17, 15) is 13.2 Å². The van der Waals surface area contributed by atoms with E-state index in [4.69, 9.17) is 10.2 Å². The lowest BCUT2D eigenvalue weighted by molar-refractivity contribution is -0.138. The lowest BCUT2D eigenvalue weighted by Crippen LogP contribution is -2.57. The van der Waals surface area contributed by atoms with Crippen LogP contribution in [0, 0.1) is 0 Å². The zero-order valence-corrected chi connectivity index (χ0v) is 16.4. The number of hydrogen-bond acceptors (Lipinski definition) is 5. The SMILES string of the molecule is CC(C)(C)[Si](C)(C)OC1CN(c2ncc(C(F)(F)F)cn2)CCC1N. The molecule has 0 amide bonds. The molecule has 1 aliphatic heterocycles. The number of piperidine rings is 1. The summed E-state index contributed by atoms with van der Waals surface area (Å²) >= 11 is 0. The number of halogens is 3. The molecular formula is C16H27F3N4OSi. The van der Waals surface area contributed by atoms with E-state index in [-0.39, 0.29) is 23.1 Å². The molecular weight excluding hydrogens is 349 g/mol. The highest BCUT2D eigenvalue weighted by atomic mass is 28.4. The Balaban J connectivity index is 2.12. The summed E-state index contributed by atoms with van der Waals surface area (Å²) in [6, 6.07) is -0.0974. The first-order chi connectivity index (χ1) is 11.3. The van der Waals surface area contributed by atoms with Crippen LogP contribution in [-0.2, 0) is 10.6 Å². The van der Waals surface area contributed by atoms with Gasteiger partial charge in [0.05, 0.1) is 11.7 Å². The maximum absolute atomic E-state index is 12.6. The van der Waals surface area contributed by atoms with Crippen LogP contribution < -0.4 is 10.6 Å². The average Bonchev–Trinajstić information content (AvgIpc) is 2.47. The zero-order valence-electron chi connectivity index (χ0n) is 15.4. The molecule has 0 spiro atoms. The molecule has 25 heavy (non-hydrogen) atoms. The summed E-state index contributed by atoms with van der Waals surface area (Å²) in [4.78, 5) is 9.62. The average molecular weight is 376 g/mol. The van der Waals surface area contributed by atoms with Crippen molar-refractivity contribution in [2.24, 2.45) is 5.73 Å². The number of alkyl halides is 3. The van der Waals surface area contributed by atoms with Gasteiger partial charge in [-0.05, 0) is 24.6 Å². The molecule has 2 rings (SSSR count). The van der Waals surface area contributed by atoms with E-state index >= 15 is 0 Å². The van der Waals surface area contributed by atoms with Crippen LogP contribution in [0.2, 0.25) is 18.1 Å². The Morgan fingerprint density at radius 3 is 2.24 bits per heavy atom. The molecule has 142 valence electrons. The lowest BCUT2D eigenvalue weighted by Gasteiger charge is -2.44. The molecule has 5 nitrogen and oxygen atoms in total. The van der Waals surface area contributed by atoms with Crippen molar-refractivity contribution >= 4 is 14.3 Å². The maximum Gasteiger partial charge on any atom is 0.419 e. The van der Waals surface area contributed by atoms with Crippen LogP contribution in [0.15, 0.2) is 12.4 Å². The van der Waals surface area contributed by atoms with Crippen molar-refractivity contribution in [1.82, 2.24) is 9.97 Å². The predicted molar refractivity (Wildman–Crippen MR) is 93.9 cm³/mol. The van der Waals surface area contributed by atoms with Crippen LogP contribution in [0.4, 0.5) is 19.1 Å². The lowest BCUT2D eigenvalue weighted by atomic mass is 10.0. The monoisotopic (exact) mass is 376 g/mol. The molecule has 1 aromatic rings. The first kappa shape index (κ1) is 20.1. The van der Waals surface area contributed by atoms with Crippen molar-refractivity contribution in [3.05, 3.63) is 18.0 Å². The second kappa shape index (κ2) is 6.84. The third-order valence-electron chi connectivity index (χ3n) is 5.11. The summed E-state index contributed by atoms with van der Waals surface area (Å²) in [5.74, 6) is 0.281. The Morgan fingerprint density at radius 2 is 1.76 bits per heavy atom. The fourth-order valence-electron chi connectivity index (χ4n) is 2.43. The van der Waals surface area contributed by atoms with Gasteiger partial charge in [0, 0.05) is 31.5 Å². The molecule has 0 aromatic carbocycles. The summed E-state index contributed by atoms with van der Waals surface area (Å²) in [6.07, 6.45) is -2.29. The third-order valence-corrected chi connectivity index (χ3v) is 9.62. The number of nitrogens with two attached hydrogens (primary N) is 1. The zero-order chi connectivity index (χ0) is 19.0. The Morgan fingerprint density at radius 1 is 1.20 bits per heavy atom. The van der Waals surface area contributed by atoms with E-state index in [1.807, 2.05) is 4.90 Å². The van der Waals surface area contributed by atoms with E-state index in [0.29, 0.717) is 19.5 Å².